The van der Waals surface area contributed by atoms with Gasteiger partial charge in [-0.15, -0.1) is 0 Å². The summed E-state index contributed by atoms with van der Waals surface area (Å²) in [6.07, 6.45) is 3.20. The van der Waals surface area contributed by atoms with Gasteiger partial charge in [0.05, 0.1) is 23.5 Å². The Morgan fingerprint density at radius 2 is 1.94 bits per heavy atom. The van der Waals surface area contributed by atoms with E-state index in [0.29, 0.717) is 29.3 Å². The number of hydrogen-bond donors (Lipinski definition) is 3. The minimum Gasteiger partial charge on any atom is -0.489 e. The molecule has 3 amide bonds. The predicted octanol–water partition coefficient (Wildman–Crippen LogP) is 3.93. The van der Waals surface area contributed by atoms with Crippen molar-refractivity contribution < 1.29 is 14.3 Å². The van der Waals surface area contributed by atoms with Gasteiger partial charge in [0.25, 0.3) is 5.91 Å². The molecule has 2 heterocycles. The first-order valence-corrected chi connectivity index (χ1v) is 9.86. The number of carbonyl (C=O) groups is 2. The second-order valence-electron chi connectivity index (χ2n) is 7.11. The number of amides is 3. The van der Waals surface area contributed by atoms with Crippen molar-refractivity contribution in [1.82, 2.24) is 15.6 Å². The van der Waals surface area contributed by atoms with Gasteiger partial charge < -0.3 is 20.7 Å². The molecule has 0 bridgehead atoms. The summed E-state index contributed by atoms with van der Waals surface area (Å²) in [4.78, 5) is 29.2. The first-order valence-electron chi connectivity index (χ1n) is 9.86. The third kappa shape index (κ3) is 4.90. The topological polar surface area (TPSA) is 92.3 Å². The highest BCUT2D eigenvalue weighted by atomic mass is 16.5. The van der Waals surface area contributed by atoms with Crippen LogP contribution in [0.25, 0.3) is 0 Å². The molecule has 2 aromatic carbocycles. The Kier molecular flexibility index (Phi) is 5.93. The fraction of sp³-hybridized carbons (Fsp3) is 0.125. The van der Waals surface area contributed by atoms with E-state index in [2.05, 4.69) is 20.9 Å². The molecule has 0 aliphatic carbocycles. The van der Waals surface area contributed by atoms with Crippen molar-refractivity contribution in [3.05, 3.63) is 102 Å². The van der Waals surface area contributed by atoms with Gasteiger partial charge in [0.15, 0.2) is 0 Å². The van der Waals surface area contributed by atoms with Crippen molar-refractivity contribution in [2.75, 3.05) is 5.32 Å². The van der Waals surface area contributed by atoms with E-state index in [4.69, 9.17) is 4.74 Å². The standard InChI is InChI=1S/C24H22N4O3/c1-16-21(23(29)27-19-10-6-12-25-14-19)22(28-24(30)26-16)18-9-5-11-20(13-18)31-15-17-7-3-2-4-8-17/h2-14,22H,15H2,1H3,(H,27,29)(H2,26,28,30). The zero-order valence-corrected chi connectivity index (χ0v) is 17.0. The third-order valence-corrected chi connectivity index (χ3v) is 4.87. The number of aromatic nitrogens is 1. The second-order valence-corrected chi connectivity index (χ2v) is 7.11. The number of anilines is 1. The molecule has 0 spiro atoms. The van der Waals surface area contributed by atoms with Crippen LogP contribution in [0, 0.1) is 0 Å². The first-order chi connectivity index (χ1) is 15.1. The molecule has 3 N–H and O–H groups in total. The highest BCUT2D eigenvalue weighted by Gasteiger charge is 2.31. The maximum Gasteiger partial charge on any atom is 0.319 e. The summed E-state index contributed by atoms with van der Waals surface area (Å²) < 4.78 is 5.92. The highest BCUT2D eigenvalue weighted by molar-refractivity contribution is 6.06. The Bertz CT molecular complexity index is 1110. The van der Waals surface area contributed by atoms with Gasteiger partial charge in [-0.05, 0) is 42.3 Å². The number of carbonyl (C=O) groups excluding carboxylic acids is 2. The minimum absolute atomic E-state index is 0.321. The molecule has 1 aliphatic rings. The molecule has 1 unspecified atom stereocenters. The summed E-state index contributed by atoms with van der Waals surface area (Å²) in [5, 5.41) is 8.36. The van der Waals surface area contributed by atoms with Gasteiger partial charge in [0.2, 0.25) is 0 Å². The Hall–Kier alpha value is -4.13. The van der Waals surface area contributed by atoms with Crippen LogP contribution in [0.5, 0.6) is 5.75 Å². The summed E-state index contributed by atoms with van der Waals surface area (Å²) >= 11 is 0. The molecule has 0 saturated carbocycles. The lowest BCUT2D eigenvalue weighted by Gasteiger charge is -2.29. The van der Waals surface area contributed by atoms with E-state index in [9.17, 15) is 9.59 Å². The van der Waals surface area contributed by atoms with E-state index in [-0.39, 0.29) is 11.9 Å². The zero-order valence-electron chi connectivity index (χ0n) is 17.0. The summed E-state index contributed by atoms with van der Waals surface area (Å²) in [6.45, 7) is 2.13. The maximum absolute atomic E-state index is 13.0. The molecule has 0 fully saturated rings. The lowest BCUT2D eigenvalue weighted by atomic mass is 9.94. The molecule has 4 rings (SSSR count). The lowest BCUT2D eigenvalue weighted by molar-refractivity contribution is -0.113. The van der Waals surface area contributed by atoms with Crippen molar-refractivity contribution in [2.45, 2.75) is 19.6 Å². The molecule has 7 heteroatoms. The Balaban J connectivity index is 1.58. The molecular formula is C24H22N4O3. The van der Waals surface area contributed by atoms with E-state index < -0.39 is 6.04 Å². The van der Waals surface area contributed by atoms with Crippen LogP contribution >= 0.6 is 0 Å². The number of benzene rings is 2. The van der Waals surface area contributed by atoms with E-state index in [1.807, 2.05) is 54.6 Å². The molecule has 1 aromatic heterocycles. The summed E-state index contributed by atoms with van der Waals surface area (Å²) in [5.41, 5.74) is 3.28. The number of ether oxygens (including phenoxy) is 1. The minimum atomic E-state index is -0.620. The summed E-state index contributed by atoms with van der Waals surface area (Å²) in [5.74, 6) is 0.331. The molecule has 156 valence electrons. The van der Waals surface area contributed by atoms with Crippen LogP contribution in [0.4, 0.5) is 10.5 Å². The van der Waals surface area contributed by atoms with Crippen molar-refractivity contribution in [1.29, 1.82) is 0 Å². The van der Waals surface area contributed by atoms with Crippen LogP contribution < -0.4 is 20.7 Å². The van der Waals surface area contributed by atoms with E-state index in [1.165, 1.54) is 0 Å². The normalized spacial score (nSPS) is 15.6. The van der Waals surface area contributed by atoms with Crippen LogP contribution in [0.15, 0.2) is 90.4 Å². The van der Waals surface area contributed by atoms with Crippen molar-refractivity contribution in [2.24, 2.45) is 0 Å². The smallest absolute Gasteiger partial charge is 0.319 e. The summed E-state index contributed by atoms with van der Waals surface area (Å²) in [6, 6.07) is 19.7. The largest absolute Gasteiger partial charge is 0.489 e. The number of nitrogens with zero attached hydrogens (tertiary/aromatic N) is 1. The van der Waals surface area contributed by atoms with Gasteiger partial charge in [-0.25, -0.2) is 4.79 Å². The van der Waals surface area contributed by atoms with Crippen LogP contribution in [-0.2, 0) is 11.4 Å². The molecule has 1 aliphatic heterocycles. The van der Waals surface area contributed by atoms with Gasteiger partial charge >= 0.3 is 6.03 Å². The lowest BCUT2D eigenvalue weighted by Crippen LogP contribution is -2.45. The van der Waals surface area contributed by atoms with Crippen LogP contribution in [0.3, 0.4) is 0 Å². The van der Waals surface area contributed by atoms with Gasteiger partial charge in [-0.2, -0.15) is 0 Å². The van der Waals surface area contributed by atoms with Crippen LogP contribution in [-0.4, -0.2) is 16.9 Å². The Morgan fingerprint density at radius 1 is 1.10 bits per heavy atom. The molecule has 7 nitrogen and oxygen atoms in total. The number of urea groups is 1. The second kappa shape index (κ2) is 9.13. The Morgan fingerprint density at radius 3 is 2.71 bits per heavy atom. The average Bonchev–Trinajstić information content (AvgIpc) is 2.78. The number of hydrogen-bond acceptors (Lipinski definition) is 4. The number of allylic oxidation sites excluding steroid dienone is 1. The van der Waals surface area contributed by atoms with Crippen molar-refractivity contribution >= 4 is 17.6 Å². The van der Waals surface area contributed by atoms with Gasteiger partial charge in [-0.3, -0.25) is 9.78 Å². The molecule has 1 atom stereocenters. The van der Waals surface area contributed by atoms with E-state index in [1.54, 1.807) is 31.5 Å². The average molecular weight is 414 g/mol. The number of rotatable bonds is 6. The third-order valence-electron chi connectivity index (χ3n) is 4.87. The first kappa shape index (κ1) is 20.2. The van der Waals surface area contributed by atoms with Crippen molar-refractivity contribution in [3.8, 4) is 5.75 Å². The molecule has 3 aromatic rings. The van der Waals surface area contributed by atoms with E-state index in [0.717, 1.165) is 11.1 Å². The number of pyridine rings is 1. The quantitative estimate of drug-likeness (QED) is 0.570. The molecular weight excluding hydrogens is 392 g/mol. The fourth-order valence-corrected chi connectivity index (χ4v) is 3.40. The SMILES string of the molecule is CC1=C(C(=O)Nc2cccnc2)C(c2cccc(OCc3ccccc3)c2)NC(=O)N1. The Labute approximate surface area is 180 Å². The van der Waals surface area contributed by atoms with Crippen LogP contribution in [0.1, 0.15) is 24.1 Å². The monoisotopic (exact) mass is 414 g/mol. The number of nitrogens with one attached hydrogen (secondary N) is 3. The van der Waals surface area contributed by atoms with Gasteiger partial charge in [0.1, 0.15) is 12.4 Å². The van der Waals surface area contributed by atoms with Crippen LogP contribution in [0.2, 0.25) is 0 Å². The highest BCUT2D eigenvalue weighted by Crippen LogP contribution is 2.30. The fourth-order valence-electron chi connectivity index (χ4n) is 3.40. The maximum atomic E-state index is 13.0. The van der Waals surface area contributed by atoms with Crippen molar-refractivity contribution in [3.63, 3.8) is 0 Å². The zero-order chi connectivity index (χ0) is 21.6. The predicted molar refractivity (Wildman–Crippen MR) is 117 cm³/mol. The van der Waals surface area contributed by atoms with E-state index >= 15 is 0 Å². The molecule has 31 heavy (non-hydrogen) atoms. The molecule has 0 radical (unpaired) electrons. The molecule has 0 saturated heterocycles. The van der Waals surface area contributed by atoms with Gasteiger partial charge in [0, 0.05) is 11.9 Å². The van der Waals surface area contributed by atoms with Gasteiger partial charge in [-0.1, -0.05) is 42.5 Å². The summed E-state index contributed by atoms with van der Waals surface area (Å²) in [7, 11) is 0.